The Labute approximate surface area is 157 Å². The highest BCUT2D eigenvalue weighted by Gasteiger charge is 2.25. The fraction of sp³-hybridized carbons (Fsp3) is 0.400. The Bertz CT molecular complexity index is 854. The normalized spacial score (nSPS) is 15.0. The Balaban J connectivity index is 1.64. The number of hydrogen-bond acceptors (Lipinski definition) is 5. The Morgan fingerprint density at radius 2 is 1.81 bits per heavy atom. The van der Waals surface area contributed by atoms with Crippen molar-refractivity contribution in [3.8, 4) is 0 Å². The van der Waals surface area contributed by atoms with Gasteiger partial charge in [0.1, 0.15) is 11.5 Å². The van der Waals surface area contributed by atoms with Crippen molar-refractivity contribution in [2.75, 3.05) is 44.7 Å². The number of carbonyl (C=O) groups excluding carboxylic acids is 2. The summed E-state index contributed by atoms with van der Waals surface area (Å²) in [4.78, 5) is 31.6. The van der Waals surface area contributed by atoms with E-state index in [1.165, 1.54) is 13.2 Å². The number of ketones is 1. The molecule has 0 radical (unpaired) electrons. The Morgan fingerprint density at radius 1 is 1.15 bits per heavy atom. The zero-order valence-electron chi connectivity index (χ0n) is 15.8. The third-order valence-electron chi connectivity index (χ3n) is 5.04. The summed E-state index contributed by atoms with van der Waals surface area (Å²) >= 11 is 0. The number of para-hydroxylation sites is 1. The van der Waals surface area contributed by atoms with Crippen LogP contribution in [0.5, 0.6) is 0 Å². The van der Waals surface area contributed by atoms with Gasteiger partial charge in [-0.2, -0.15) is 0 Å². The van der Waals surface area contributed by atoms with Crippen LogP contribution in [0.15, 0.2) is 24.3 Å². The van der Waals surface area contributed by atoms with Gasteiger partial charge in [-0.25, -0.2) is 9.18 Å². The zero-order valence-corrected chi connectivity index (χ0v) is 15.8. The number of hydrogen-bond donors (Lipinski definition) is 1. The zero-order chi connectivity index (χ0) is 19.6. The number of aryl methyl sites for hydroxylation is 1. The van der Waals surface area contributed by atoms with E-state index >= 15 is 0 Å². The van der Waals surface area contributed by atoms with Crippen LogP contribution in [0.25, 0.3) is 0 Å². The molecule has 2 aromatic rings. The third-order valence-corrected chi connectivity index (χ3v) is 5.04. The molecule has 1 aliphatic heterocycles. The molecule has 0 saturated carbocycles. The van der Waals surface area contributed by atoms with E-state index in [0.29, 0.717) is 54.4 Å². The molecule has 1 aliphatic rings. The summed E-state index contributed by atoms with van der Waals surface area (Å²) in [5.74, 6) is -0.736. The van der Waals surface area contributed by atoms with E-state index in [1.54, 1.807) is 26.0 Å². The number of H-pyrrole nitrogens is 1. The standard InChI is InChI=1S/C20H24FN3O3/c1-13-18(14(2)22-19(13)20(26)27-3)17(25)12-23-8-10-24(11-9-23)16-7-5-4-6-15(16)21/h4-7,22H,8-12H2,1-3H3. The number of aromatic nitrogens is 1. The lowest BCUT2D eigenvalue weighted by molar-refractivity contribution is 0.0594. The van der Waals surface area contributed by atoms with Crippen molar-refractivity contribution in [2.24, 2.45) is 0 Å². The highest BCUT2D eigenvalue weighted by atomic mass is 19.1. The molecular weight excluding hydrogens is 349 g/mol. The molecule has 6 nitrogen and oxygen atoms in total. The number of anilines is 1. The average molecular weight is 373 g/mol. The smallest absolute Gasteiger partial charge is 0.354 e. The lowest BCUT2D eigenvalue weighted by Gasteiger charge is -2.35. The second-order valence-electron chi connectivity index (χ2n) is 6.75. The molecule has 1 saturated heterocycles. The van der Waals surface area contributed by atoms with Gasteiger partial charge in [-0.3, -0.25) is 9.69 Å². The van der Waals surface area contributed by atoms with Crippen molar-refractivity contribution >= 4 is 17.4 Å². The molecule has 0 aliphatic carbocycles. The van der Waals surface area contributed by atoms with E-state index in [9.17, 15) is 14.0 Å². The van der Waals surface area contributed by atoms with Gasteiger partial charge in [-0.1, -0.05) is 12.1 Å². The molecular formula is C20H24FN3O3. The molecule has 2 heterocycles. The molecule has 0 atom stereocenters. The number of methoxy groups -OCH3 is 1. The predicted molar refractivity (Wildman–Crippen MR) is 101 cm³/mol. The first-order valence-corrected chi connectivity index (χ1v) is 8.95. The van der Waals surface area contributed by atoms with Crippen molar-refractivity contribution in [3.05, 3.63) is 52.6 Å². The lowest BCUT2D eigenvalue weighted by Crippen LogP contribution is -2.48. The molecule has 0 spiro atoms. The molecule has 1 fully saturated rings. The molecule has 3 rings (SSSR count). The Hall–Kier alpha value is -2.67. The molecule has 7 heteroatoms. The van der Waals surface area contributed by atoms with Gasteiger partial charge < -0.3 is 14.6 Å². The van der Waals surface area contributed by atoms with Crippen LogP contribution >= 0.6 is 0 Å². The van der Waals surface area contributed by atoms with Gasteiger partial charge in [0.25, 0.3) is 0 Å². The van der Waals surface area contributed by atoms with Gasteiger partial charge in [0.15, 0.2) is 5.78 Å². The maximum atomic E-state index is 13.9. The van der Waals surface area contributed by atoms with Crippen molar-refractivity contribution in [2.45, 2.75) is 13.8 Å². The molecule has 27 heavy (non-hydrogen) atoms. The SMILES string of the molecule is COC(=O)c1[nH]c(C)c(C(=O)CN2CCN(c3ccccc3F)CC2)c1C. The fourth-order valence-corrected chi connectivity index (χ4v) is 3.61. The van der Waals surface area contributed by atoms with Crippen LogP contribution in [0.3, 0.4) is 0 Å². The summed E-state index contributed by atoms with van der Waals surface area (Å²) in [7, 11) is 1.31. The van der Waals surface area contributed by atoms with Crippen LogP contribution in [-0.2, 0) is 4.74 Å². The minimum atomic E-state index is -0.479. The second kappa shape index (κ2) is 7.92. The molecule has 144 valence electrons. The summed E-state index contributed by atoms with van der Waals surface area (Å²) in [6.45, 7) is 6.46. The predicted octanol–water partition coefficient (Wildman–Crippen LogP) is 2.56. The highest BCUT2D eigenvalue weighted by Crippen LogP contribution is 2.22. The first-order valence-electron chi connectivity index (χ1n) is 8.95. The number of rotatable bonds is 5. The van der Waals surface area contributed by atoms with Crippen LogP contribution < -0.4 is 4.90 Å². The number of ether oxygens (including phenoxy) is 1. The Kier molecular flexibility index (Phi) is 5.60. The number of esters is 1. The van der Waals surface area contributed by atoms with E-state index in [4.69, 9.17) is 4.74 Å². The number of benzene rings is 1. The maximum absolute atomic E-state index is 13.9. The number of Topliss-reactive ketones (excluding diaryl/α,β-unsaturated/α-hetero) is 1. The maximum Gasteiger partial charge on any atom is 0.354 e. The van der Waals surface area contributed by atoms with Gasteiger partial charge in [0, 0.05) is 37.4 Å². The first-order chi connectivity index (χ1) is 12.9. The Morgan fingerprint density at radius 3 is 2.44 bits per heavy atom. The first kappa shape index (κ1) is 19.1. The minimum Gasteiger partial charge on any atom is -0.464 e. The number of aromatic amines is 1. The number of halogens is 1. The van der Waals surface area contributed by atoms with Crippen LogP contribution in [0.1, 0.15) is 32.1 Å². The largest absolute Gasteiger partial charge is 0.464 e. The summed E-state index contributed by atoms with van der Waals surface area (Å²) in [5, 5.41) is 0. The van der Waals surface area contributed by atoms with Crippen molar-refractivity contribution in [3.63, 3.8) is 0 Å². The summed E-state index contributed by atoms with van der Waals surface area (Å²) in [6, 6.07) is 6.74. The van der Waals surface area contributed by atoms with Gasteiger partial charge in [-0.15, -0.1) is 0 Å². The molecule has 0 unspecified atom stereocenters. The monoisotopic (exact) mass is 373 g/mol. The molecule has 0 amide bonds. The molecule has 1 aromatic heterocycles. The number of nitrogens with zero attached hydrogens (tertiary/aromatic N) is 2. The lowest BCUT2D eigenvalue weighted by atomic mass is 10.0. The van der Waals surface area contributed by atoms with Crippen LogP contribution in [0.4, 0.5) is 10.1 Å². The van der Waals surface area contributed by atoms with Gasteiger partial charge in [-0.05, 0) is 31.5 Å². The minimum absolute atomic E-state index is 0.0317. The summed E-state index contributed by atoms with van der Waals surface area (Å²) in [6.07, 6.45) is 0. The number of nitrogens with one attached hydrogen (secondary N) is 1. The third kappa shape index (κ3) is 3.88. The molecule has 0 bridgehead atoms. The quantitative estimate of drug-likeness (QED) is 0.645. The van der Waals surface area contributed by atoms with Crippen molar-refractivity contribution < 1.29 is 18.7 Å². The van der Waals surface area contributed by atoms with Gasteiger partial charge in [0.2, 0.25) is 0 Å². The van der Waals surface area contributed by atoms with Gasteiger partial charge in [0.05, 0.1) is 19.3 Å². The summed E-state index contributed by atoms with van der Waals surface area (Å²) < 4.78 is 18.7. The van der Waals surface area contributed by atoms with Crippen LogP contribution in [0, 0.1) is 19.7 Å². The summed E-state index contributed by atoms with van der Waals surface area (Å²) in [5.41, 5.74) is 2.76. The highest BCUT2D eigenvalue weighted by molar-refractivity contribution is 6.03. The topological polar surface area (TPSA) is 65.6 Å². The molecule has 1 aromatic carbocycles. The van der Waals surface area contributed by atoms with Crippen LogP contribution in [0.2, 0.25) is 0 Å². The number of piperazine rings is 1. The van der Waals surface area contributed by atoms with E-state index < -0.39 is 5.97 Å². The van der Waals surface area contributed by atoms with E-state index in [-0.39, 0.29) is 18.1 Å². The molecule has 1 N–H and O–H groups in total. The van der Waals surface area contributed by atoms with E-state index in [1.807, 2.05) is 11.0 Å². The second-order valence-corrected chi connectivity index (χ2v) is 6.75. The number of carbonyl (C=O) groups is 2. The average Bonchev–Trinajstić information content (AvgIpc) is 2.96. The van der Waals surface area contributed by atoms with E-state index in [0.717, 1.165) is 0 Å². The van der Waals surface area contributed by atoms with Crippen molar-refractivity contribution in [1.82, 2.24) is 9.88 Å². The van der Waals surface area contributed by atoms with Crippen molar-refractivity contribution in [1.29, 1.82) is 0 Å². The van der Waals surface area contributed by atoms with Crippen LogP contribution in [-0.4, -0.2) is 61.5 Å². The van der Waals surface area contributed by atoms with E-state index in [2.05, 4.69) is 9.88 Å². The van der Waals surface area contributed by atoms with Gasteiger partial charge >= 0.3 is 5.97 Å². The fourth-order valence-electron chi connectivity index (χ4n) is 3.61.